The molecule has 12 aromatic rings. The highest BCUT2D eigenvalue weighted by atomic mass is 15.0. The third-order valence-corrected chi connectivity index (χ3v) is 12.3. The summed E-state index contributed by atoms with van der Waals surface area (Å²) in [6.45, 7) is 0. The van der Waals surface area contributed by atoms with Gasteiger partial charge in [-0.2, -0.15) is 0 Å². The van der Waals surface area contributed by atoms with Crippen LogP contribution < -0.4 is 0 Å². The summed E-state index contributed by atoms with van der Waals surface area (Å²) < 4.78 is 4.81. The zero-order chi connectivity index (χ0) is 41.0. The maximum Gasteiger partial charge on any atom is 0.0715 e. The highest BCUT2D eigenvalue weighted by Gasteiger charge is 2.17. The Morgan fingerprint density at radius 2 is 0.613 bits per heavy atom. The first kappa shape index (κ1) is 35.7. The Hall–Kier alpha value is -8.27. The summed E-state index contributed by atoms with van der Waals surface area (Å²) in [7, 11) is 0. The standard InChI is InChI=1S/C59H39N3/c1-4-14-40(15-5-1)41-24-30-48(31-25-41)61-57-23-13-11-21-51(57)53-36-45(29-35-58(53)61)46-28-34-52-50-20-10-12-22-56(50)62(59(52)39-46)49-32-26-42(27-33-49)47-37-54(43-16-6-2-7-17-43)60-55(38-47)44-18-8-3-9-19-44/h1-39H. The highest BCUT2D eigenvalue weighted by Crippen LogP contribution is 2.39. The van der Waals surface area contributed by atoms with Crippen LogP contribution in [0.5, 0.6) is 0 Å². The van der Waals surface area contributed by atoms with Gasteiger partial charge < -0.3 is 9.13 Å². The van der Waals surface area contributed by atoms with Crippen LogP contribution in [0.2, 0.25) is 0 Å². The molecular formula is C59H39N3. The van der Waals surface area contributed by atoms with Gasteiger partial charge in [-0.15, -0.1) is 0 Å². The third-order valence-electron chi connectivity index (χ3n) is 12.3. The molecule has 9 aromatic carbocycles. The maximum absolute atomic E-state index is 5.11. The van der Waals surface area contributed by atoms with Crippen molar-refractivity contribution in [2.45, 2.75) is 0 Å². The Bertz CT molecular complexity index is 3520. The fourth-order valence-electron chi connectivity index (χ4n) is 9.31. The second-order valence-electron chi connectivity index (χ2n) is 16.0. The molecule has 3 aromatic heterocycles. The monoisotopic (exact) mass is 789 g/mol. The Morgan fingerprint density at radius 1 is 0.226 bits per heavy atom. The van der Waals surface area contributed by atoms with Gasteiger partial charge >= 0.3 is 0 Å². The average molecular weight is 790 g/mol. The van der Waals surface area contributed by atoms with Gasteiger partial charge in [0.2, 0.25) is 0 Å². The second kappa shape index (κ2) is 14.8. The van der Waals surface area contributed by atoms with Gasteiger partial charge in [-0.05, 0) is 100 Å². The molecule has 0 spiro atoms. The highest BCUT2D eigenvalue weighted by molar-refractivity contribution is 6.12. The lowest BCUT2D eigenvalue weighted by Crippen LogP contribution is -1.95. The summed E-state index contributed by atoms with van der Waals surface area (Å²) in [4.78, 5) is 5.11. The molecule has 0 fully saturated rings. The zero-order valence-corrected chi connectivity index (χ0v) is 33.9. The summed E-state index contributed by atoms with van der Waals surface area (Å²) in [5.74, 6) is 0. The molecule has 290 valence electrons. The van der Waals surface area contributed by atoms with Gasteiger partial charge in [0.05, 0.1) is 33.5 Å². The van der Waals surface area contributed by atoms with Gasteiger partial charge in [0.1, 0.15) is 0 Å². The van der Waals surface area contributed by atoms with E-state index in [1.165, 1.54) is 65.9 Å². The largest absolute Gasteiger partial charge is 0.309 e. The van der Waals surface area contributed by atoms with E-state index in [1.54, 1.807) is 0 Å². The lowest BCUT2D eigenvalue weighted by molar-refractivity contribution is 1.18. The first-order chi connectivity index (χ1) is 30.7. The summed E-state index contributed by atoms with van der Waals surface area (Å²) in [5, 5.41) is 4.96. The predicted octanol–water partition coefficient (Wildman–Crippen LogP) is 15.6. The molecule has 0 aliphatic heterocycles. The molecule has 0 atom stereocenters. The van der Waals surface area contributed by atoms with Crippen LogP contribution in [0.3, 0.4) is 0 Å². The van der Waals surface area contributed by atoms with Crippen molar-refractivity contribution >= 4 is 43.6 Å². The summed E-state index contributed by atoms with van der Waals surface area (Å²) in [5.41, 5.74) is 18.2. The molecule has 0 amide bonds. The number of rotatable bonds is 7. The van der Waals surface area contributed by atoms with Crippen LogP contribution in [-0.4, -0.2) is 14.1 Å². The molecule has 0 aliphatic carbocycles. The summed E-state index contributed by atoms with van der Waals surface area (Å²) >= 11 is 0. The molecule has 3 nitrogen and oxygen atoms in total. The Morgan fingerprint density at radius 3 is 1.19 bits per heavy atom. The van der Waals surface area contributed by atoms with Crippen molar-refractivity contribution in [2.24, 2.45) is 0 Å². The molecule has 0 radical (unpaired) electrons. The average Bonchev–Trinajstić information content (AvgIpc) is 3.87. The zero-order valence-electron chi connectivity index (χ0n) is 33.9. The maximum atomic E-state index is 5.11. The first-order valence-corrected chi connectivity index (χ1v) is 21.2. The van der Waals surface area contributed by atoms with Gasteiger partial charge in [0.25, 0.3) is 0 Å². The van der Waals surface area contributed by atoms with Crippen molar-refractivity contribution in [2.75, 3.05) is 0 Å². The van der Waals surface area contributed by atoms with Crippen LogP contribution in [0.25, 0.3) is 111 Å². The van der Waals surface area contributed by atoms with Crippen LogP contribution >= 0.6 is 0 Å². The molecule has 0 aliphatic rings. The van der Waals surface area contributed by atoms with Gasteiger partial charge in [-0.1, -0.05) is 170 Å². The number of para-hydroxylation sites is 2. The minimum Gasteiger partial charge on any atom is -0.309 e. The third kappa shape index (κ3) is 6.10. The van der Waals surface area contributed by atoms with E-state index >= 15 is 0 Å². The van der Waals surface area contributed by atoms with E-state index in [-0.39, 0.29) is 0 Å². The number of hydrogen-bond donors (Lipinski definition) is 0. The van der Waals surface area contributed by atoms with E-state index in [1.807, 2.05) is 12.1 Å². The first-order valence-electron chi connectivity index (χ1n) is 21.2. The Labute approximate surface area is 360 Å². The molecule has 62 heavy (non-hydrogen) atoms. The lowest BCUT2D eigenvalue weighted by atomic mass is 9.99. The minimum atomic E-state index is 0.959. The molecule has 0 unspecified atom stereocenters. The van der Waals surface area contributed by atoms with Crippen molar-refractivity contribution in [1.82, 2.24) is 14.1 Å². The van der Waals surface area contributed by atoms with E-state index in [9.17, 15) is 0 Å². The minimum absolute atomic E-state index is 0.959. The van der Waals surface area contributed by atoms with E-state index in [0.29, 0.717) is 0 Å². The molecule has 0 saturated heterocycles. The predicted molar refractivity (Wildman–Crippen MR) is 260 cm³/mol. The molecular weight excluding hydrogens is 751 g/mol. The fourth-order valence-corrected chi connectivity index (χ4v) is 9.31. The van der Waals surface area contributed by atoms with Crippen molar-refractivity contribution in [3.05, 3.63) is 237 Å². The molecule has 3 heterocycles. The fraction of sp³-hybridized carbons (Fsp3) is 0. The van der Waals surface area contributed by atoms with Crippen LogP contribution in [0.4, 0.5) is 0 Å². The Kier molecular flexibility index (Phi) is 8.50. The molecule has 0 N–H and O–H groups in total. The normalized spacial score (nSPS) is 11.5. The van der Waals surface area contributed by atoms with Gasteiger partial charge in [-0.25, -0.2) is 4.98 Å². The topological polar surface area (TPSA) is 22.8 Å². The van der Waals surface area contributed by atoms with E-state index < -0.39 is 0 Å². The summed E-state index contributed by atoms with van der Waals surface area (Å²) in [6, 6.07) is 85.2. The number of nitrogens with zero attached hydrogens (tertiary/aromatic N) is 3. The van der Waals surface area contributed by atoms with Crippen LogP contribution in [0.15, 0.2) is 237 Å². The Balaban J connectivity index is 0.952. The van der Waals surface area contributed by atoms with Gasteiger partial charge in [-0.3, -0.25) is 0 Å². The number of benzene rings is 9. The van der Waals surface area contributed by atoms with E-state index in [4.69, 9.17) is 4.98 Å². The smallest absolute Gasteiger partial charge is 0.0715 e. The van der Waals surface area contributed by atoms with E-state index in [0.717, 1.165) is 45.0 Å². The van der Waals surface area contributed by atoms with Crippen molar-refractivity contribution in [3.8, 4) is 67.3 Å². The van der Waals surface area contributed by atoms with Crippen molar-refractivity contribution in [3.63, 3.8) is 0 Å². The molecule has 12 rings (SSSR count). The van der Waals surface area contributed by atoms with Crippen LogP contribution in [0, 0.1) is 0 Å². The number of fused-ring (bicyclic) bond motifs is 6. The quantitative estimate of drug-likeness (QED) is 0.158. The molecule has 0 bridgehead atoms. The lowest BCUT2D eigenvalue weighted by Gasteiger charge is -2.13. The van der Waals surface area contributed by atoms with E-state index in [2.05, 4.69) is 234 Å². The van der Waals surface area contributed by atoms with Gasteiger partial charge in [0.15, 0.2) is 0 Å². The number of pyridine rings is 1. The van der Waals surface area contributed by atoms with Crippen LogP contribution in [-0.2, 0) is 0 Å². The number of aromatic nitrogens is 3. The van der Waals surface area contributed by atoms with Gasteiger partial charge in [0, 0.05) is 44.0 Å². The van der Waals surface area contributed by atoms with Crippen molar-refractivity contribution < 1.29 is 0 Å². The molecule has 0 saturated carbocycles. The number of hydrogen-bond acceptors (Lipinski definition) is 1. The van der Waals surface area contributed by atoms with Crippen LogP contribution in [0.1, 0.15) is 0 Å². The molecule has 3 heteroatoms. The summed E-state index contributed by atoms with van der Waals surface area (Å²) in [6.07, 6.45) is 0. The SMILES string of the molecule is c1ccc(-c2ccc(-n3c4ccccc4c4cc(-c5ccc6c7ccccc7n(-c7ccc(-c8cc(-c9ccccc9)nc(-c9ccccc9)c8)cc7)c6c5)ccc43)cc2)cc1. The van der Waals surface area contributed by atoms with Crippen molar-refractivity contribution in [1.29, 1.82) is 0 Å². The second-order valence-corrected chi connectivity index (χ2v) is 16.0.